The predicted octanol–water partition coefficient (Wildman–Crippen LogP) is 15.4. The average Bonchev–Trinajstić information content (AvgIpc) is 3.71. The van der Waals surface area contributed by atoms with Crippen LogP contribution < -0.4 is 0 Å². The quantitative estimate of drug-likeness (QED) is 0.147. The Balaban J connectivity index is 0.00000676. The smallest absolute Gasteiger partial charge is 0.148 e. The molecule has 0 radical (unpaired) electrons. The molecule has 0 spiro atoms. The van der Waals surface area contributed by atoms with Crippen LogP contribution in [0, 0.1) is 33.6 Å². The molecule has 0 aliphatic rings. The van der Waals surface area contributed by atoms with Crippen molar-refractivity contribution in [1.29, 1.82) is 0 Å². The van der Waals surface area contributed by atoms with Crippen LogP contribution in [0.3, 0.4) is 0 Å². The Bertz CT molecular complexity index is 3430. The predicted molar refractivity (Wildman–Crippen MR) is 259 cm³/mol. The number of imidazole rings is 1. The van der Waals surface area contributed by atoms with Crippen LogP contribution in [0.15, 0.2) is 152 Å². The Morgan fingerprint density at radius 2 is 1.30 bits per heavy atom. The van der Waals surface area contributed by atoms with E-state index in [1.54, 1.807) is 70.3 Å². The van der Waals surface area contributed by atoms with Gasteiger partial charge in [0.1, 0.15) is 11.6 Å². The summed E-state index contributed by atoms with van der Waals surface area (Å²) in [6.07, 6.45) is 1.73. The van der Waals surface area contributed by atoms with Crippen LogP contribution >= 0.6 is 0 Å². The van der Waals surface area contributed by atoms with Gasteiger partial charge in [0, 0.05) is 43.9 Å². The first-order valence-corrected chi connectivity index (χ1v) is 20.8. The molecule has 63 heavy (non-hydrogen) atoms. The number of phenolic OH excluding ortho intramolecular Hbond substituents is 1. The van der Waals surface area contributed by atoms with Gasteiger partial charge in [-0.15, -0.1) is 23.8 Å². The zero-order valence-electron chi connectivity index (χ0n) is 44.0. The van der Waals surface area contributed by atoms with Crippen LogP contribution in [0.5, 0.6) is 5.75 Å². The second-order valence-electron chi connectivity index (χ2n) is 16.5. The topological polar surface area (TPSA) is 50.9 Å². The summed E-state index contributed by atoms with van der Waals surface area (Å²) in [5, 5.41) is 11.8. The second-order valence-corrected chi connectivity index (χ2v) is 16.5. The third kappa shape index (κ3) is 8.33. The fraction of sp³-hybridized carbons (Fsp3) is 0.172. The van der Waals surface area contributed by atoms with Crippen molar-refractivity contribution in [1.82, 2.24) is 14.5 Å². The zero-order chi connectivity index (χ0) is 50.1. The van der Waals surface area contributed by atoms with E-state index in [0.717, 1.165) is 27.8 Å². The molecule has 2 heterocycles. The number of pyridine rings is 1. The van der Waals surface area contributed by atoms with Gasteiger partial charge in [-0.2, -0.15) is 0 Å². The molecule has 0 amide bonds. The van der Waals surface area contributed by atoms with Crippen LogP contribution in [-0.2, 0) is 21.1 Å². The van der Waals surface area contributed by atoms with Gasteiger partial charge in [-0.3, -0.25) is 9.55 Å². The molecule has 0 unspecified atom stereocenters. The van der Waals surface area contributed by atoms with E-state index in [2.05, 4.69) is 12.1 Å². The fourth-order valence-electron chi connectivity index (χ4n) is 8.53. The van der Waals surface area contributed by atoms with Crippen LogP contribution in [0.25, 0.3) is 83.9 Å². The van der Waals surface area contributed by atoms with Gasteiger partial charge >= 0.3 is 0 Å². The van der Waals surface area contributed by atoms with Gasteiger partial charge in [0.15, 0.2) is 0 Å². The molecule has 0 saturated carbocycles. The van der Waals surface area contributed by atoms with Crippen molar-refractivity contribution in [2.45, 2.75) is 67.0 Å². The molecule has 0 saturated heterocycles. The second kappa shape index (κ2) is 17.8. The maximum absolute atomic E-state index is 11.8. The molecule has 9 aromatic rings. The molecule has 1 N–H and O–H groups in total. The Kier molecular flexibility index (Phi) is 9.65. The van der Waals surface area contributed by atoms with Gasteiger partial charge in [0.25, 0.3) is 0 Å². The van der Waals surface area contributed by atoms with Crippen LogP contribution in [-0.4, -0.2) is 19.6 Å². The zero-order valence-corrected chi connectivity index (χ0v) is 38.3. The summed E-state index contributed by atoms with van der Waals surface area (Å²) in [4.78, 5) is 10.2. The van der Waals surface area contributed by atoms with E-state index in [9.17, 15) is 5.11 Å². The number of aromatic nitrogens is 3. The summed E-state index contributed by atoms with van der Waals surface area (Å²) < 4.78 is 70.7. The van der Waals surface area contributed by atoms with Crippen molar-refractivity contribution in [2.75, 3.05) is 0 Å². The van der Waals surface area contributed by atoms with Gasteiger partial charge in [-0.1, -0.05) is 153 Å². The van der Waals surface area contributed by atoms with E-state index in [4.69, 9.17) is 20.9 Å². The molecular formula is C58H52N3OPt-. The minimum absolute atomic E-state index is 0. The van der Waals surface area contributed by atoms with Gasteiger partial charge in [-0.25, -0.2) is 4.98 Å². The Hall–Kier alpha value is -6.35. The first kappa shape index (κ1) is 34.2. The third-order valence-corrected chi connectivity index (χ3v) is 11.6. The number of aromatic hydroxyl groups is 1. The van der Waals surface area contributed by atoms with Crippen LogP contribution in [0.2, 0.25) is 0 Å². The van der Waals surface area contributed by atoms with E-state index < -0.39 is 25.5 Å². The van der Waals surface area contributed by atoms with Crippen molar-refractivity contribution < 1.29 is 37.1 Å². The summed E-state index contributed by atoms with van der Waals surface area (Å²) >= 11 is 0. The summed E-state index contributed by atoms with van der Waals surface area (Å²) in [5.74, 6) is -1.78. The first-order chi connectivity index (χ1) is 33.0. The number of hydrogen-bond acceptors (Lipinski definition) is 3. The van der Waals surface area contributed by atoms with E-state index in [-0.39, 0.29) is 37.9 Å². The molecule has 316 valence electrons. The Labute approximate surface area is 397 Å². The Morgan fingerprint density at radius 3 is 2.02 bits per heavy atom. The van der Waals surface area contributed by atoms with Crippen LogP contribution in [0.1, 0.15) is 83.8 Å². The summed E-state index contributed by atoms with van der Waals surface area (Å²) in [6.45, 7) is 6.06. The molecule has 5 heteroatoms. The van der Waals surface area contributed by atoms with Crippen molar-refractivity contribution in [3.63, 3.8) is 0 Å². The van der Waals surface area contributed by atoms with Gasteiger partial charge in [0.05, 0.1) is 22.3 Å². The van der Waals surface area contributed by atoms with Gasteiger partial charge in [0.2, 0.25) is 0 Å². The van der Waals surface area contributed by atoms with E-state index in [0.29, 0.717) is 78.3 Å². The maximum atomic E-state index is 11.8. The number of benzene rings is 7. The number of hydrogen-bond donors (Lipinski definition) is 1. The van der Waals surface area contributed by atoms with E-state index in [1.807, 2.05) is 122 Å². The number of nitrogens with zero attached hydrogens (tertiary/aromatic N) is 3. The normalized spacial score (nSPS) is 14.0. The number of fused-ring (bicyclic) bond motifs is 1. The molecular weight excluding hydrogens is 950 g/mol. The molecule has 0 bridgehead atoms. The number of para-hydroxylation sites is 1. The molecule has 0 fully saturated rings. The van der Waals surface area contributed by atoms with Crippen LogP contribution in [0.4, 0.5) is 0 Å². The molecule has 0 aliphatic heterocycles. The standard InChI is InChI=1S/C58H52N3O.Pt/c1-35(2)48-16-12-17-49(36(3)4)55(48)44-24-25-53(39(7)30-44)61-54-19-13-18-50(56(54)60-58(61)51-29-38(6)28-40(8)57(51)62)46-31-45(41-14-10-9-11-15-41)32-47(33-46)52-34-43(26-27-59-52)42-22-20-37(5)21-23-42;/h9-32,34-36,62H,1-8H3;/q-1;/i5D3,7D3,35D,36D;. The Morgan fingerprint density at radius 1 is 0.603 bits per heavy atom. The molecule has 7 aromatic carbocycles. The van der Waals surface area contributed by atoms with E-state index in [1.165, 1.54) is 0 Å². The average molecular weight is 1010 g/mol. The molecule has 9 rings (SSSR count). The summed E-state index contributed by atoms with van der Waals surface area (Å²) in [7, 11) is 0. The molecule has 0 atom stereocenters. The van der Waals surface area contributed by atoms with Gasteiger partial charge < -0.3 is 5.11 Å². The molecule has 0 aliphatic carbocycles. The fourth-order valence-corrected chi connectivity index (χ4v) is 8.53. The van der Waals surface area contributed by atoms with Crippen molar-refractivity contribution in [2.24, 2.45) is 0 Å². The number of phenols is 1. The minimum atomic E-state index is -2.64. The number of aryl methyl sites for hydroxylation is 4. The number of rotatable bonds is 9. The molecule has 4 nitrogen and oxygen atoms in total. The molecule has 2 aromatic heterocycles. The SMILES string of the molecule is [2H]C([2H])([2H])c1ccc(-c2ccnc(-c3[c-]c(-c4cccc5c4nc(-c4cc(C)cc(C)c4O)n5-c4ccc(-c5c(C([2H])(C)C)cccc5C([2H])(C)C)cc4C([2H])([2H])[2H])cc(-c4ccccc4)c3)c2)cc1.[Pt]. The van der Waals surface area contributed by atoms with Crippen molar-refractivity contribution in [3.8, 4) is 78.6 Å². The maximum Gasteiger partial charge on any atom is 0.148 e. The van der Waals surface area contributed by atoms with Crippen molar-refractivity contribution >= 4 is 11.0 Å². The first-order valence-electron chi connectivity index (χ1n) is 24.8. The summed E-state index contributed by atoms with van der Waals surface area (Å²) in [6, 6.07) is 48.8. The minimum Gasteiger partial charge on any atom is -0.507 e. The monoisotopic (exact) mass is 1010 g/mol. The largest absolute Gasteiger partial charge is 0.507 e. The van der Waals surface area contributed by atoms with Crippen molar-refractivity contribution in [3.05, 3.63) is 191 Å². The summed E-state index contributed by atoms with van der Waals surface area (Å²) in [5.41, 5.74) is 12.6. The van der Waals surface area contributed by atoms with Gasteiger partial charge in [-0.05, 0) is 125 Å². The third-order valence-electron chi connectivity index (χ3n) is 11.6. The van der Waals surface area contributed by atoms with E-state index >= 15 is 0 Å².